The van der Waals surface area contributed by atoms with Crippen LogP contribution in [0.2, 0.25) is 0 Å². The highest BCUT2D eigenvalue weighted by atomic mass is 79.9. The Kier molecular flexibility index (Phi) is 3.72. The molecule has 0 fully saturated rings. The van der Waals surface area contributed by atoms with Gasteiger partial charge >= 0.3 is 0 Å². The summed E-state index contributed by atoms with van der Waals surface area (Å²) < 4.78 is 27.7. The Balaban J connectivity index is 2.39. The van der Waals surface area contributed by atoms with E-state index >= 15 is 0 Å². The van der Waals surface area contributed by atoms with E-state index in [9.17, 15) is 18.5 Å². The van der Waals surface area contributed by atoms with Crippen LogP contribution in [0, 0.1) is 10.1 Å². The second-order valence-electron chi connectivity index (χ2n) is 3.72. The molecule has 1 heterocycles. The van der Waals surface area contributed by atoms with Crippen molar-refractivity contribution in [3.8, 4) is 0 Å². The van der Waals surface area contributed by atoms with Gasteiger partial charge in [0.25, 0.3) is 15.7 Å². The molecule has 0 amide bonds. The highest BCUT2D eigenvalue weighted by Gasteiger charge is 2.24. The number of benzene rings is 1. The summed E-state index contributed by atoms with van der Waals surface area (Å²) in [6.07, 6.45) is 0. The molecular formula is C9H8BrN5O4S. The quantitative estimate of drug-likeness (QED) is 0.646. The lowest BCUT2D eigenvalue weighted by Crippen LogP contribution is -2.17. The second kappa shape index (κ2) is 5.17. The highest BCUT2D eigenvalue weighted by Crippen LogP contribution is 2.23. The molecule has 0 aliphatic carbocycles. The van der Waals surface area contributed by atoms with Crippen LogP contribution in [0.3, 0.4) is 0 Å². The predicted octanol–water partition coefficient (Wildman–Crippen LogP) is 1.29. The van der Waals surface area contributed by atoms with E-state index in [0.29, 0.717) is 0 Å². The van der Waals surface area contributed by atoms with Crippen LogP contribution < -0.4 is 4.72 Å². The predicted molar refractivity (Wildman–Crippen MR) is 72.6 cm³/mol. The fourth-order valence-electron chi connectivity index (χ4n) is 1.49. The van der Waals surface area contributed by atoms with Crippen LogP contribution in [0.15, 0.2) is 33.9 Å². The number of rotatable bonds is 4. The van der Waals surface area contributed by atoms with Gasteiger partial charge in [0.05, 0.1) is 10.6 Å². The zero-order valence-corrected chi connectivity index (χ0v) is 12.4. The number of non-ortho nitro benzene ring substituents is 1. The standard InChI is InChI=1S/C9H8BrN5O4S/c1-14-9(8(10)11-13-14)20(18,19)12-6-3-2-4-7(5-6)15(16)17/h2-5,12H,1H3. The van der Waals surface area contributed by atoms with Crippen molar-refractivity contribution in [1.82, 2.24) is 15.0 Å². The number of aryl methyl sites for hydroxylation is 1. The molecular weight excluding hydrogens is 354 g/mol. The van der Waals surface area contributed by atoms with Crippen LogP contribution in [0.25, 0.3) is 0 Å². The number of nitrogens with one attached hydrogen (secondary N) is 1. The van der Waals surface area contributed by atoms with Gasteiger partial charge < -0.3 is 0 Å². The summed E-state index contributed by atoms with van der Waals surface area (Å²) in [6, 6.07) is 5.17. The van der Waals surface area contributed by atoms with E-state index in [1.807, 2.05) is 0 Å². The number of hydrogen-bond acceptors (Lipinski definition) is 6. The van der Waals surface area contributed by atoms with Crippen molar-refractivity contribution in [2.45, 2.75) is 5.03 Å². The molecule has 0 atom stereocenters. The molecule has 20 heavy (non-hydrogen) atoms. The summed E-state index contributed by atoms with van der Waals surface area (Å²) in [7, 11) is -2.54. The van der Waals surface area contributed by atoms with E-state index in [1.165, 1.54) is 25.2 Å². The number of nitro groups is 1. The lowest BCUT2D eigenvalue weighted by Gasteiger charge is -2.07. The Morgan fingerprint density at radius 1 is 1.45 bits per heavy atom. The summed E-state index contributed by atoms with van der Waals surface area (Å²) in [5.41, 5.74) is -0.139. The monoisotopic (exact) mass is 361 g/mol. The molecule has 106 valence electrons. The third-order valence-corrected chi connectivity index (χ3v) is 4.57. The lowest BCUT2D eigenvalue weighted by atomic mass is 10.3. The summed E-state index contributed by atoms with van der Waals surface area (Å²) in [4.78, 5) is 10.0. The first-order valence-electron chi connectivity index (χ1n) is 5.14. The maximum Gasteiger partial charge on any atom is 0.281 e. The minimum absolute atomic E-state index is 0.0536. The van der Waals surface area contributed by atoms with E-state index < -0.39 is 14.9 Å². The molecule has 2 aromatic rings. The molecule has 11 heteroatoms. The van der Waals surface area contributed by atoms with Gasteiger partial charge in [0, 0.05) is 19.2 Å². The van der Waals surface area contributed by atoms with Crippen molar-refractivity contribution < 1.29 is 13.3 Å². The first-order chi connectivity index (χ1) is 9.31. The summed E-state index contributed by atoms with van der Waals surface area (Å²) >= 11 is 2.98. The third-order valence-electron chi connectivity index (χ3n) is 2.30. The summed E-state index contributed by atoms with van der Waals surface area (Å²) in [5, 5.41) is 17.6. The number of nitro benzene ring substituents is 1. The van der Waals surface area contributed by atoms with E-state index in [0.717, 1.165) is 10.7 Å². The van der Waals surface area contributed by atoms with Crippen LogP contribution in [-0.4, -0.2) is 28.3 Å². The minimum Gasteiger partial charge on any atom is -0.278 e. The van der Waals surface area contributed by atoms with Crippen LogP contribution >= 0.6 is 15.9 Å². The van der Waals surface area contributed by atoms with Crippen LogP contribution in [-0.2, 0) is 17.1 Å². The average molecular weight is 362 g/mol. The fraction of sp³-hybridized carbons (Fsp3) is 0.111. The smallest absolute Gasteiger partial charge is 0.278 e. The normalized spacial score (nSPS) is 11.3. The molecule has 0 spiro atoms. The summed E-state index contributed by atoms with van der Waals surface area (Å²) in [5.74, 6) is 0. The zero-order chi connectivity index (χ0) is 14.9. The number of anilines is 1. The van der Waals surface area contributed by atoms with Crippen LogP contribution in [0.5, 0.6) is 0 Å². The van der Waals surface area contributed by atoms with Crippen LogP contribution in [0.4, 0.5) is 11.4 Å². The van der Waals surface area contributed by atoms with E-state index in [4.69, 9.17) is 0 Å². The maximum absolute atomic E-state index is 12.2. The van der Waals surface area contributed by atoms with Gasteiger partial charge in [-0.25, -0.2) is 4.68 Å². The van der Waals surface area contributed by atoms with Gasteiger partial charge in [-0.1, -0.05) is 11.3 Å². The molecule has 0 aliphatic heterocycles. The summed E-state index contributed by atoms with van der Waals surface area (Å²) in [6.45, 7) is 0. The van der Waals surface area contributed by atoms with Crippen molar-refractivity contribution in [2.75, 3.05) is 4.72 Å². The topological polar surface area (TPSA) is 120 Å². The molecule has 0 unspecified atom stereocenters. The van der Waals surface area contributed by atoms with Gasteiger partial charge in [-0.3, -0.25) is 14.8 Å². The molecule has 0 saturated heterocycles. The first kappa shape index (κ1) is 14.4. The Bertz CT molecular complexity index is 753. The molecule has 1 aromatic heterocycles. The molecule has 0 radical (unpaired) electrons. The molecule has 0 bridgehead atoms. The molecule has 2 rings (SSSR count). The highest BCUT2D eigenvalue weighted by molar-refractivity contribution is 9.10. The van der Waals surface area contributed by atoms with Crippen molar-refractivity contribution in [3.63, 3.8) is 0 Å². The molecule has 9 nitrogen and oxygen atoms in total. The van der Waals surface area contributed by atoms with Gasteiger partial charge in [0.2, 0.25) is 5.03 Å². The molecule has 0 saturated carbocycles. The number of nitrogens with zero attached hydrogens (tertiary/aromatic N) is 4. The SMILES string of the molecule is Cn1nnc(Br)c1S(=O)(=O)Nc1cccc([N+](=O)[O-])c1. The Hall–Kier alpha value is -2.01. The van der Waals surface area contributed by atoms with Crippen molar-refractivity contribution in [3.05, 3.63) is 39.0 Å². The second-order valence-corrected chi connectivity index (χ2v) is 6.07. The van der Waals surface area contributed by atoms with E-state index in [-0.39, 0.29) is 21.0 Å². The third kappa shape index (κ3) is 2.77. The van der Waals surface area contributed by atoms with Crippen molar-refractivity contribution >= 4 is 37.3 Å². The van der Waals surface area contributed by atoms with Crippen LogP contribution in [0.1, 0.15) is 0 Å². The lowest BCUT2D eigenvalue weighted by molar-refractivity contribution is -0.384. The minimum atomic E-state index is -3.96. The Morgan fingerprint density at radius 2 is 2.15 bits per heavy atom. The Morgan fingerprint density at radius 3 is 2.70 bits per heavy atom. The first-order valence-corrected chi connectivity index (χ1v) is 7.41. The van der Waals surface area contributed by atoms with E-state index in [1.54, 1.807) is 0 Å². The van der Waals surface area contributed by atoms with Gasteiger partial charge in [-0.05, 0) is 22.0 Å². The number of aromatic nitrogens is 3. The molecule has 1 aromatic carbocycles. The number of hydrogen-bond donors (Lipinski definition) is 1. The largest absolute Gasteiger partial charge is 0.281 e. The van der Waals surface area contributed by atoms with Gasteiger partial charge in [-0.2, -0.15) is 8.42 Å². The number of halogens is 1. The molecule has 0 aliphatic rings. The average Bonchev–Trinajstić information content (AvgIpc) is 2.69. The number of sulfonamides is 1. The Labute approximate surface area is 121 Å². The molecule has 1 N–H and O–H groups in total. The zero-order valence-electron chi connectivity index (χ0n) is 10.0. The van der Waals surface area contributed by atoms with Gasteiger partial charge in [-0.15, -0.1) is 5.10 Å². The van der Waals surface area contributed by atoms with Gasteiger partial charge in [0.1, 0.15) is 0 Å². The van der Waals surface area contributed by atoms with Crippen molar-refractivity contribution in [1.29, 1.82) is 0 Å². The van der Waals surface area contributed by atoms with Gasteiger partial charge in [0.15, 0.2) is 4.60 Å². The van der Waals surface area contributed by atoms with Crippen molar-refractivity contribution in [2.24, 2.45) is 7.05 Å². The maximum atomic E-state index is 12.2. The fourth-order valence-corrected chi connectivity index (χ4v) is 3.64. The van der Waals surface area contributed by atoms with E-state index in [2.05, 4.69) is 31.0 Å².